The lowest BCUT2D eigenvalue weighted by Crippen LogP contribution is -2.31. The second-order valence-corrected chi connectivity index (χ2v) is 4.23. The third kappa shape index (κ3) is 2.70. The third-order valence-electron chi connectivity index (χ3n) is 2.69. The van der Waals surface area contributed by atoms with E-state index in [9.17, 15) is 9.90 Å². The zero-order chi connectivity index (χ0) is 13.1. The molecule has 1 N–H and O–H groups in total. The molecule has 0 spiro atoms. The van der Waals surface area contributed by atoms with Gasteiger partial charge in [0.15, 0.2) is 11.5 Å². The van der Waals surface area contributed by atoms with Gasteiger partial charge in [-0.1, -0.05) is 6.07 Å². The maximum Gasteiger partial charge on any atom is 0.315 e. The minimum Gasteiger partial charge on any atom is -0.504 e. The number of carbonyl (C=O) groups is 1. The Morgan fingerprint density at radius 3 is 2.59 bits per heavy atom. The molecular weight excluding hydrogens is 220 g/mol. The second-order valence-electron chi connectivity index (χ2n) is 4.23. The molecule has 0 heterocycles. The fraction of sp³-hybridized carbons (Fsp3) is 0.462. The van der Waals surface area contributed by atoms with Crippen molar-refractivity contribution in [3.63, 3.8) is 0 Å². The first-order valence-corrected chi connectivity index (χ1v) is 5.48. The van der Waals surface area contributed by atoms with E-state index in [0.717, 1.165) is 5.56 Å². The number of methoxy groups -OCH3 is 1. The fourth-order valence-corrected chi connectivity index (χ4v) is 1.50. The van der Waals surface area contributed by atoms with Crippen LogP contribution in [0, 0.1) is 0 Å². The Morgan fingerprint density at radius 2 is 2.06 bits per heavy atom. The van der Waals surface area contributed by atoms with E-state index in [1.165, 1.54) is 13.2 Å². The lowest BCUT2D eigenvalue weighted by atomic mass is 9.84. The van der Waals surface area contributed by atoms with Crippen molar-refractivity contribution in [3.05, 3.63) is 23.8 Å². The SMILES string of the molecule is CCOC(=O)C(C)(C)c1ccc(O)c(OC)c1. The number of phenolic OH excluding ortho intramolecular Hbond substituents is 1. The normalized spacial score (nSPS) is 11.1. The van der Waals surface area contributed by atoms with E-state index >= 15 is 0 Å². The van der Waals surface area contributed by atoms with Crippen molar-refractivity contribution in [2.24, 2.45) is 0 Å². The number of ether oxygens (including phenoxy) is 2. The highest BCUT2D eigenvalue weighted by Gasteiger charge is 2.32. The van der Waals surface area contributed by atoms with Gasteiger partial charge in [0, 0.05) is 0 Å². The lowest BCUT2D eigenvalue weighted by molar-refractivity contribution is -0.148. The van der Waals surface area contributed by atoms with Gasteiger partial charge < -0.3 is 14.6 Å². The van der Waals surface area contributed by atoms with E-state index in [1.807, 2.05) is 0 Å². The minimum atomic E-state index is -0.767. The van der Waals surface area contributed by atoms with Crippen molar-refractivity contribution in [2.45, 2.75) is 26.2 Å². The molecule has 4 nitrogen and oxygen atoms in total. The molecule has 0 fully saturated rings. The first-order valence-electron chi connectivity index (χ1n) is 5.48. The molecule has 0 bridgehead atoms. The molecule has 0 radical (unpaired) electrons. The zero-order valence-corrected chi connectivity index (χ0v) is 10.6. The van der Waals surface area contributed by atoms with E-state index in [4.69, 9.17) is 9.47 Å². The van der Waals surface area contributed by atoms with Gasteiger partial charge in [0.25, 0.3) is 0 Å². The van der Waals surface area contributed by atoms with Crippen LogP contribution >= 0.6 is 0 Å². The molecule has 0 unspecified atom stereocenters. The summed E-state index contributed by atoms with van der Waals surface area (Å²) in [4.78, 5) is 11.8. The first kappa shape index (κ1) is 13.4. The molecule has 1 rings (SSSR count). The van der Waals surface area contributed by atoms with Crippen LogP contribution in [0.5, 0.6) is 11.5 Å². The minimum absolute atomic E-state index is 0.0518. The fourth-order valence-electron chi connectivity index (χ4n) is 1.50. The highest BCUT2D eigenvalue weighted by Crippen LogP contribution is 2.33. The topological polar surface area (TPSA) is 55.8 Å². The van der Waals surface area contributed by atoms with Crippen molar-refractivity contribution < 1.29 is 19.4 Å². The van der Waals surface area contributed by atoms with Crippen LogP contribution in [-0.2, 0) is 14.9 Å². The van der Waals surface area contributed by atoms with Crippen molar-refractivity contribution in [1.82, 2.24) is 0 Å². The maximum atomic E-state index is 11.8. The first-order chi connectivity index (χ1) is 7.93. The standard InChI is InChI=1S/C13H18O4/c1-5-17-12(15)13(2,3)9-6-7-10(14)11(8-9)16-4/h6-8,14H,5H2,1-4H3. The van der Waals surface area contributed by atoms with Gasteiger partial charge in [-0.05, 0) is 38.5 Å². The summed E-state index contributed by atoms with van der Waals surface area (Å²) in [6, 6.07) is 4.84. The molecule has 0 saturated heterocycles. The van der Waals surface area contributed by atoms with Crippen molar-refractivity contribution >= 4 is 5.97 Å². The Morgan fingerprint density at radius 1 is 1.41 bits per heavy atom. The summed E-state index contributed by atoms with van der Waals surface area (Å²) >= 11 is 0. The number of phenols is 1. The number of carbonyl (C=O) groups excluding carboxylic acids is 1. The highest BCUT2D eigenvalue weighted by molar-refractivity contribution is 5.82. The summed E-state index contributed by atoms with van der Waals surface area (Å²) in [7, 11) is 1.47. The Hall–Kier alpha value is -1.71. The predicted molar refractivity (Wildman–Crippen MR) is 64.3 cm³/mol. The van der Waals surface area contributed by atoms with E-state index in [0.29, 0.717) is 12.4 Å². The molecule has 94 valence electrons. The Kier molecular flexibility index (Phi) is 3.99. The summed E-state index contributed by atoms with van der Waals surface area (Å²) in [5, 5.41) is 9.50. The number of hydrogen-bond donors (Lipinski definition) is 1. The summed E-state index contributed by atoms with van der Waals surface area (Å²) < 4.78 is 10.0. The number of esters is 1. The van der Waals surface area contributed by atoms with Crippen LogP contribution in [0.3, 0.4) is 0 Å². The van der Waals surface area contributed by atoms with Crippen LogP contribution in [-0.4, -0.2) is 24.8 Å². The molecule has 1 aromatic rings. The molecule has 4 heteroatoms. The van der Waals surface area contributed by atoms with E-state index in [2.05, 4.69) is 0 Å². The molecule has 0 saturated carbocycles. The summed E-state index contributed by atoms with van der Waals surface area (Å²) in [6.07, 6.45) is 0. The average molecular weight is 238 g/mol. The number of benzene rings is 1. The molecule has 17 heavy (non-hydrogen) atoms. The number of rotatable bonds is 4. The predicted octanol–water partition coefficient (Wildman–Crippen LogP) is 2.24. The molecule has 0 aromatic heterocycles. The zero-order valence-electron chi connectivity index (χ0n) is 10.6. The van der Waals surface area contributed by atoms with E-state index < -0.39 is 5.41 Å². The van der Waals surface area contributed by atoms with Crippen LogP contribution in [0.15, 0.2) is 18.2 Å². The van der Waals surface area contributed by atoms with Crippen LogP contribution in [0.1, 0.15) is 26.3 Å². The number of aromatic hydroxyl groups is 1. The smallest absolute Gasteiger partial charge is 0.315 e. The lowest BCUT2D eigenvalue weighted by Gasteiger charge is -2.23. The van der Waals surface area contributed by atoms with Crippen LogP contribution in [0.4, 0.5) is 0 Å². The van der Waals surface area contributed by atoms with Crippen molar-refractivity contribution in [3.8, 4) is 11.5 Å². The monoisotopic (exact) mass is 238 g/mol. The Labute approximate surface area is 101 Å². The Bertz CT molecular complexity index is 410. The third-order valence-corrected chi connectivity index (χ3v) is 2.69. The van der Waals surface area contributed by atoms with Gasteiger partial charge in [-0.25, -0.2) is 0 Å². The summed E-state index contributed by atoms with van der Waals surface area (Å²) in [5.74, 6) is 0.100. The van der Waals surface area contributed by atoms with Crippen LogP contribution in [0.25, 0.3) is 0 Å². The average Bonchev–Trinajstić information content (AvgIpc) is 2.29. The molecule has 1 aromatic carbocycles. The van der Waals surface area contributed by atoms with Crippen LogP contribution < -0.4 is 4.74 Å². The van der Waals surface area contributed by atoms with Gasteiger partial charge in [-0.3, -0.25) is 4.79 Å². The van der Waals surface area contributed by atoms with Crippen molar-refractivity contribution in [2.75, 3.05) is 13.7 Å². The molecule has 0 atom stereocenters. The van der Waals surface area contributed by atoms with E-state index in [-0.39, 0.29) is 11.7 Å². The van der Waals surface area contributed by atoms with Gasteiger partial charge >= 0.3 is 5.97 Å². The quantitative estimate of drug-likeness (QED) is 0.817. The second kappa shape index (κ2) is 5.08. The molecule has 0 aliphatic carbocycles. The molecule has 0 aliphatic heterocycles. The van der Waals surface area contributed by atoms with E-state index in [1.54, 1.807) is 32.9 Å². The van der Waals surface area contributed by atoms with Crippen molar-refractivity contribution in [1.29, 1.82) is 0 Å². The molecular formula is C13H18O4. The van der Waals surface area contributed by atoms with Gasteiger partial charge in [0.2, 0.25) is 0 Å². The molecule has 0 aliphatic rings. The largest absolute Gasteiger partial charge is 0.504 e. The van der Waals surface area contributed by atoms with Crippen LogP contribution in [0.2, 0.25) is 0 Å². The summed E-state index contributed by atoms with van der Waals surface area (Å²) in [5.41, 5.74) is -0.0256. The number of hydrogen-bond acceptors (Lipinski definition) is 4. The van der Waals surface area contributed by atoms with Gasteiger partial charge in [-0.2, -0.15) is 0 Å². The molecule has 0 amide bonds. The van der Waals surface area contributed by atoms with Gasteiger partial charge in [0.05, 0.1) is 19.1 Å². The summed E-state index contributed by atoms with van der Waals surface area (Å²) in [6.45, 7) is 5.66. The van der Waals surface area contributed by atoms with Gasteiger partial charge in [-0.15, -0.1) is 0 Å². The highest BCUT2D eigenvalue weighted by atomic mass is 16.5. The van der Waals surface area contributed by atoms with Gasteiger partial charge in [0.1, 0.15) is 0 Å². The maximum absolute atomic E-state index is 11.8. The Balaban J connectivity index is 3.10.